The first kappa shape index (κ1) is 9.61. The zero-order valence-electron chi connectivity index (χ0n) is 9.26. The van der Waals surface area contributed by atoms with Crippen molar-refractivity contribution in [2.24, 2.45) is 0 Å². The van der Waals surface area contributed by atoms with Crippen LogP contribution in [-0.2, 0) is 4.74 Å². The molecule has 1 fully saturated rings. The first-order valence-corrected chi connectivity index (χ1v) is 5.61. The van der Waals surface area contributed by atoms with Crippen LogP contribution in [0.25, 0.3) is 0 Å². The van der Waals surface area contributed by atoms with Crippen molar-refractivity contribution in [3.63, 3.8) is 0 Å². The highest BCUT2D eigenvalue weighted by Gasteiger charge is 2.40. The molecule has 1 aliphatic heterocycles. The van der Waals surface area contributed by atoms with Crippen molar-refractivity contribution in [1.82, 2.24) is 0 Å². The molecule has 0 N–H and O–H groups in total. The summed E-state index contributed by atoms with van der Waals surface area (Å²) in [7, 11) is 0. The lowest BCUT2D eigenvalue weighted by molar-refractivity contribution is 0.377. The third kappa shape index (κ3) is 1.74. The maximum absolute atomic E-state index is 5.73. The molecule has 0 radical (unpaired) electrons. The van der Waals surface area contributed by atoms with Crippen molar-refractivity contribution < 1.29 is 4.74 Å². The maximum atomic E-state index is 5.73. The fraction of sp³-hybridized carbons (Fsp3) is 0.200. The van der Waals surface area contributed by atoms with Crippen molar-refractivity contribution in [3.05, 3.63) is 71.3 Å². The van der Waals surface area contributed by atoms with E-state index in [1.807, 2.05) is 6.07 Å². The third-order valence-corrected chi connectivity index (χ3v) is 3.03. The second-order valence-corrected chi connectivity index (χ2v) is 4.30. The van der Waals surface area contributed by atoms with Crippen molar-refractivity contribution in [1.29, 1.82) is 0 Å². The first-order chi connectivity index (χ1) is 7.84. The van der Waals surface area contributed by atoms with Crippen LogP contribution in [0.5, 0.6) is 0 Å². The van der Waals surface area contributed by atoms with Gasteiger partial charge in [0, 0.05) is 0 Å². The zero-order chi connectivity index (χ0) is 11.0. The summed E-state index contributed by atoms with van der Waals surface area (Å²) in [6.45, 7) is 2.10. The van der Waals surface area contributed by atoms with Crippen LogP contribution in [0.15, 0.2) is 54.6 Å². The molecule has 1 saturated heterocycles. The Morgan fingerprint density at radius 3 is 1.94 bits per heavy atom. The predicted octanol–water partition coefficient (Wildman–Crippen LogP) is 3.81. The van der Waals surface area contributed by atoms with Gasteiger partial charge in [-0.05, 0) is 18.1 Å². The summed E-state index contributed by atoms with van der Waals surface area (Å²) in [5.41, 5.74) is 3.84. The van der Waals surface area contributed by atoms with E-state index in [9.17, 15) is 0 Å². The molecule has 3 rings (SSSR count). The quantitative estimate of drug-likeness (QED) is 0.687. The van der Waals surface area contributed by atoms with E-state index in [-0.39, 0.29) is 12.2 Å². The molecule has 1 aliphatic rings. The molecule has 0 spiro atoms. The number of rotatable bonds is 2. The van der Waals surface area contributed by atoms with Crippen molar-refractivity contribution in [2.75, 3.05) is 0 Å². The molecule has 0 amide bonds. The van der Waals surface area contributed by atoms with Gasteiger partial charge in [-0.3, -0.25) is 0 Å². The standard InChI is InChI=1S/C15H14O/c1-11-7-9-13(10-8-11)15-14(16-15)12-5-3-2-4-6-12/h2-10,14-15H,1H3/t14-,15?/m1/s1. The number of ether oxygens (including phenoxy) is 1. The van der Waals surface area contributed by atoms with E-state index >= 15 is 0 Å². The second-order valence-electron chi connectivity index (χ2n) is 4.30. The van der Waals surface area contributed by atoms with Crippen LogP contribution in [0.2, 0.25) is 0 Å². The topological polar surface area (TPSA) is 12.5 Å². The number of epoxide rings is 1. The Morgan fingerprint density at radius 1 is 0.750 bits per heavy atom. The normalized spacial score (nSPS) is 23.1. The minimum Gasteiger partial charge on any atom is -0.359 e. The summed E-state index contributed by atoms with van der Waals surface area (Å²) in [4.78, 5) is 0. The molecular formula is C15H14O. The highest BCUT2D eigenvalue weighted by molar-refractivity contribution is 5.31. The molecule has 16 heavy (non-hydrogen) atoms. The van der Waals surface area contributed by atoms with E-state index in [1.54, 1.807) is 0 Å². The van der Waals surface area contributed by atoms with Crippen LogP contribution in [0.3, 0.4) is 0 Å². The average molecular weight is 210 g/mol. The van der Waals surface area contributed by atoms with Gasteiger partial charge in [-0.25, -0.2) is 0 Å². The molecule has 2 atom stereocenters. The van der Waals surface area contributed by atoms with Crippen LogP contribution in [0.4, 0.5) is 0 Å². The van der Waals surface area contributed by atoms with Gasteiger partial charge in [0.1, 0.15) is 12.2 Å². The number of aryl methyl sites for hydroxylation is 1. The van der Waals surface area contributed by atoms with Gasteiger partial charge in [0.25, 0.3) is 0 Å². The summed E-state index contributed by atoms with van der Waals surface area (Å²) in [5, 5.41) is 0. The average Bonchev–Trinajstić information content (AvgIpc) is 3.11. The van der Waals surface area contributed by atoms with E-state index in [1.165, 1.54) is 16.7 Å². The number of benzene rings is 2. The number of hydrogen-bond donors (Lipinski definition) is 0. The molecule has 0 aromatic heterocycles. The SMILES string of the molecule is Cc1ccc(C2O[C@@H]2c2ccccc2)cc1. The molecule has 1 unspecified atom stereocenters. The van der Waals surface area contributed by atoms with Crippen molar-refractivity contribution in [2.45, 2.75) is 19.1 Å². The van der Waals surface area contributed by atoms with Crippen LogP contribution in [0, 0.1) is 6.92 Å². The summed E-state index contributed by atoms with van der Waals surface area (Å²) in [6.07, 6.45) is 0.506. The Kier molecular flexibility index (Phi) is 2.26. The molecule has 0 saturated carbocycles. The van der Waals surface area contributed by atoms with Gasteiger partial charge in [-0.1, -0.05) is 60.2 Å². The highest BCUT2D eigenvalue weighted by atomic mass is 16.6. The lowest BCUT2D eigenvalue weighted by atomic mass is 10.0. The lowest BCUT2D eigenvalue weighted by Gasteiger charge is -1.97. The molecule has 2 aromatic rings. The molecule has 1 heterocycles. The van der Waals surface area contributed by atoms with Gasteiger partial charge in [0.15, 0.2) is 0 Å². The van der Waals surface area contributed by atoms with Gasteiger partial charge >= 0.3 is 0 Å². The minimum atomic E-state index is 0.253. The van der Waals surface area contributed by atoms with Crippen LogP contribution in [-0.4, -0.2) is 0 Å². The monoisotopic (exact) mass is 210 g/mol. The Hall–Kier alpha value is -1.60. The van der Waals surface area contributed by atoms with E-state index < -0.39 is 0 Å². The third-order valence-electron chi connectivity index (χ3n) is 3.03. The summed E-state index contributed by atoms with van der Waals surface area (Å²) < 4.78 is 5.73. The molecular weight excluding hydrogens is 196 g/mol. The Bertz CT molecular complexity index is 473. The van der Waals surface area contributed by atoms with Crippen molar-refractivity contribution in [3.8, 4) is 0 Å². The maximum Gasteiger partial charge on any atom is 0.114 e. The molecule has 0 bridgehead atoms. The van der Waals surface area contributed by atoms with Gasteiger partial charge in [-0.2, -0.15) is 0 Å². The van der Waals surface area contributed by atoms with Gasteiger partial charge in [-0.15, -0.1) is 0 Å². The minimum absolute atomic E-state index is 0.253. The van der Waals surface area contributed by atoms with Gasteiger partial charge in [0.2, 0.25) is 0 Å². The van der Waals surface area contributed by atoms with E-state index in [0.717, 1.165) is 0 Å². The molecule has 0 aliphatic carbocycles. The van der Waals surface area contributed by atoms with Gasteiger partial charge in [0.05, 0.1) is 0 Å². The Labute approximate surface area is 95.7 Å². The molecule has 1 nitrogen and oxygen atoms in total. The molecule has 80 valence electrons. The largest absolute Gasteiger partial charge is 0.359 e. The molecule has 2 aromatic carbocycles. The zero-order valence-corrected chi connectivity index (χ0v) is 9.26. The summed E-state index contributed by atoms with van der Waals surface area (Å²) in [6, 6.07) is 19.0. The van der Waals surface area contributed by atoms with Gasteiger partial charge < -0.3 is 4.74 Å². The van der Waals surface area contributed by atoms with Crippen LogP contribution < -0.4 is 0 Å². The van der Waals surface area contributed by atoms with E-state index in [2.05, 4.69) is 55.5 Å². The lowest BCUT2D eigenvalue weighted by Crippen LogP contribution is -1.84. The Balaban J connectivity index is 1.79. The summed E-state index contributed by atoms with van der Waals surface area (Å²) >= 11 is 0. The Morgan fingerprint density at radius 2 is 1.31 bits per heavy atom. The van der Waals surface area contributed by atoms with Crippen LogP contribution in [0.1, 0.15) is 28.9 Å². The first-order valence-electron chi connectivity index (χ1n) is 5.61. The van der Waals surface area contributed by atoms with E-state index in [0.29, 0.717) is 0 Å². The fourth-order valence-corrected chi connectivity index (χ4v) is 2.02. The second kappa shape index (κ2) is 3.76. The molecule has 1 heteroatoms. The van der Waals surface area contributed by atoms with E-state index in [4.69, 9.17) is 4.74 Å². The number of hydrogen-bond acceptors (Lipinski definition) is 1. The summed E-state index contributed by atoms with van der Waals surface area (Å²) in [5.74, 6) is 0. The highest BCUT2D eigenvalue weighted by Crippen LogP contribution is 2.50. The fourth-order valence-electron chi connectivity index (χ4n) is 2.02. The van der Waals surface area contributed by atoms with Crippen LogP contribution >= 0.6 is 0 Å². The van der Waals surface area contributed by atoms with Crippen molar-refractivity contribution >= 4 is 0 Å². The predicted molar refractivity (Wildman–Crippen MR) is 64.2 cm³/mol. The smallest absolute Gasteiger partial charge is 0.114 e.